The quantitative estimate of drug-likeness (QED) is 0.0733. The zero-order valence-electron chi connectivity index (χ0n) is 24.8. The minimum absolute atomic E-state index is 0. The van der Waals surface area contributed by atoms with Gasteiger partial charge in [0.15, 0.2) is 0 Å². The number of hydrogen-bond donors (Lipinski definition) is 4. The monoisotopic (exact) mass is 606 g/mol. The van der Waals surface area contributed by atoms with Crippen LogP contribution in [0.4, 0.5) is 0 Å². The molecule has 2 aromatic rings. The van der Waals surface area contributed by atoms with Crippen LogP contribution in [0.1, 0.15) is 115 Å². The summed E-state index contributed by atoms with van der Waals surface area (Å²) in [4.78, 5) is 0. The standard InChI is InChI=1S/C30H46O.C2H6O2.Na.H2O4S.H/c1-3-5-7-9-11-13-15-21-27-23-17-19-25-29(27)31-30-26-20-18-24-28(30)22-16-14-12-10-8-6-4-2;3-1-2-4;;1-5(2,3)4;/h17-20,23-26H,3-16,21-22H2,1-2H3;3-4H,1-2H2;;(H2,1,2,3,4);. The van der Waals surface area contributed by atoms with E-state index < -0.39 is 10.4 Å². The van der Waals surface area contributed by atoms with E-state index in [1.54, 1.807) is 0 Å². The molecule has 0 aromatic heterocycles. The molecule has 232 valence electrons. The van der Waals surface area contributed by atoms with Crippen LogP contribution < -0.4 is 4.74 Å². The SMILES string of the molecule is CCCCCCCCCc1ccccc1Oc1ccccc1CCCCCCCCC.O=S(=O)(O)O.OCCO.[NaH]. The molecule has 0 atom stereocenters. The fraction of sp³-hybridized carbons (Fsp3) is 0.625. The summed E-state index contributed by atoms with van der Waals surface area (Å²) in [6, 6.07) is 17.3. The fourth-order valence-electron chi connectivity index (χ4n) is 4.28. The predicted octanol–water partition coefficient (Wildman–Crippen LogP) is 7.73. The summed E-state index contributed by atoms with van der Waals surface area (Å²) in [6.45, 7) is 4.31. The third-order valence-corrected chi connectivity index (χ3v) is 6.36. The predicted molar refractivity (Wildman–Crippen MR) is 172 cm³/mol. The molecule has 0 saturated carbocycles. The van der Waals surface area contributed by atoms with Gasteiger partial charge in [-0.1, -0.05) is 127 Å². The summed E-state index contributed by atoms with van der Waals surface area (Å²) in [6.07, 6.45) is 21.1. The van der Waals surface area contributed by atoms with Gasteiger partial charge < -0.3 is 14.9 Å². The molecule has 0 heterocycles. The van der Waals surface area contributed by atoms with E-state index in [2.05, 4.69) is 62.4 Å². The topological polar surface area (TPSA) is 124 Å². The molecular weight excluding hydrogens is 551 g/mol. The maximum atomic E-state index is 8.74. The Labute approximate surface area is 272 Å². The van der Waals surface area contributed by atoms with E-state index in [1.807, 2.05) is 0 Å². The molecule has 2 rings (SSSR count). The second-order valence-electron chi connectivity index (χ2n) is 9.96. The normalized spacial score (nSPS) is 10.5. The van der Waals surface area contributed by atoms with E-state index in [-0.39, 0.29) is 42.8 Å². The summed E-state index contributed by atoms with van der Waals surface area (Å²) in [5, 5.41) is 15.2. The van der Waals surface area contributed by atoms with Crippen LogP contribution in [0.15, 0.2) is 48.5 Å². The van der Waals surface area contributed by atoms with E-state index in [9.17, 15) is 0 Å². The first-order valence-electron chi connectivity index (χ1n) is 15.0. The number of benzene rings is 2. The van der Waals surface area contributed by atoms with Crippen molar-refractivity contribution in [2.24, 2.45) is 0 Å². The summed E-state index contributed by atoms with van der Waals surface area (Å²) in [5.41, 5.74) is 2.70. The Kier molecular flexibility index (Phi) is 29.9. The Morgan fingerprint density at radius 1 is 0.561 bits per heavy atom. The second kappa shape index (κ2) is 29.1. The minimum atomic E-state index is -4.67. The van der Waals surface area contributed by atoms with Gasteiger partial charge in [-0.15, -0.1) is 0 Å². The van der Waals surface area contributed by atoms with Gasteiger partial charge in [0.2, 0.25) is 0 Å². The Hall–Kier alpha value is -0.970. The first kappa shape index (κ1) is 42.2. The van der Waals surface area contributed by atoms with Gasteiger partial charge in [-0.2, -0.15) is 8.42 Å². The van der Waals surface area contributed by atoms with Crippen molar-refractivity contribution in [1.82, 2.24) is 0 Å². The van der Waals surface area contributed by atoms with Crippen molar-refractivity contribution in [1.29, 1.82) is 0 Å². The van der Waals surface area contributed by atoms with E-state index in [0.717, 1.165) is 24.3 Å². The Morgan fingerprint density at radius 2 is 0.854 bits per heavy atom. The number of unbranched alkanes of at least 4 members (excludes halogenated alkanes) is 12. The fourth-order valence-corrected chi connectivity index (χ4v) is 4.28. The van der Waals surface area contributed by atoms with Crippen molar-refractivity contribution < 1.29 is 32.5 Å². The van der Waals surface area contributed by atoms with Crippen molar-refractivity contribution in [3.8, 4) is 11.5 Å². The zero-order chi connectivity index (χ0) is 29.9. The number of rotatable bonds is 19. The Bertz CT molecular complexity index is 885. The van der Waals surface area contributed by atoms with Gasteiger partial charge in [-0.25, -0.2) is 0 Å². The van der Waals surface area contributed by atoms with Gasteiger partial charge in [0.05, 0.1) is 13.2 Å². The molecule has 7 nitrogen and oxygen atoms in total. The molecule has 0 aliphatic rings. The number of aliphatic hydroxyl groups is 2. The van der Waals surface area contributed by atoms with Crippen LogP contribution in [0.5, 0.6) is 11.5 Å². The Morgan fingerprint density at radius 3 is 1.17 bits per heavy atom. The van der Waals surface area contributed by atoms with E-state index >= 15 is 0 Å². The molecule has 0 aliphatic carbocycles. The molecule has 0 aliphatic heterocycles. The van der Waals surface area contributed by atoms with Crippen LogP contribution >= 0.6 is 0 Å². The summed E-state index contributed by atoms with van der Waals surface area (Å²) in [7, 11) is -4.67. The number of aryl methyl sites for hydroxylation is 2. The first-order chi connectivity index (χ1) is 19.3. The molecule has 4 N–H and O–H groups in total. The van der Waals surface area contributed by atoms with Gasteiger partial charge >= 0.3 is 40.0 Å². The van der Waals surface area contributed by atoms with Crippen LogP contribution in [0.3, 0.4) is 0 Å². The summed E-state index contributed by atoms with van der Waals surface area (Å²) < 4.78 is 38.0. The van der Waals surface area contributed by atoms with Gasteiger partial charge in [0.1, 0.15) is 11.5 Å². The van der Waals surface area contributed by atoms with E-state index in [0.29, 0.717) is 0 Å². The molecule has 0 amide bonds. The second-order valence-corrected chi connectivity index (χ2v) is 10.9. The molecule has 0 fully saturated rings. The van der Waals surface area contributed by atoms with Crippen molar-refractivity contribution in [2.75, 3.05) is 13.2 Å². The Balaban J connectivity index is 0. The van der Waals surface area contributed by atoms with Gasteiger partial charge in [0.25, 0.3) is 0 Å². The number of para-hydroxylation sites is 2. The van der Waals surface area contributed by atoms with Gasteiger partial charge in [-0.3, -0.25) is 9.11 Å². The van der Waals surface area contributed by atoms with Crippen molar-refractivity contribution in [2.45, 2.75) is 117 Å². The zero-order valence-corrected chi connectivity index (χ0v) is 25.6. The number of hydrogen-bond acceptors (Lipinski definition) is 5. The molecule has 0 bridgehead atoms. The van der Waals surface area contributed by atoms with Gasteiger partial charge in [0, 0.05) is 0 Å². The van der Waals surface area contributed by atoms with Crippen LogP contribution in [-0.4, -0.2) is 70.5 Å². The molecular formula is C32H55NaO7S. The molecule has 9 heteroatoms. The van der Waals surface area contributed by atoms with Gasteiger partial charge in [-0.05, 0) is 48.9 Å². The first-order valence-corrected chi connectivity index (χ1v) is 16.4. The molecule has 0 saturated heterocycles. The molecule has 41 heavy (non-hydrogen) atoms. The molecule has 2 aromatic carbocycles. The van der Waals surface area contributed by atoms with Crippen molar-refractivity contribution in [3.63, 3.8) is 0 Å². The average Bonchev–Trinajstić information content (AvgIpc) is 2.93. The maximum absolute atomic E-state index is 8.74. The molecule has 0 spiro atoms. The number of aliphatic hydroxyl groups excluding tert-OH is 2. The van der Waals surface area contributed by atoms with Crippen molar-refractivity contribution in [3.05, 3.63) is 59.7 Å². The summed E-state index contributed by atoms with van der Waals surface area (Å²) in [5.74, 6) is 2.08. The molecule has 0 unspecified atom stereocenters. The van der Waals surface area contributed by atoms with Crippen LogP contribution in [0, 0.1) is 0 Å². The third-order valence-electron chi connectivity index (χ3n) is 6.36. The van der Waals surface area contributed by atoms with E-state index in [1.165, 1.54) is 101 Å². The third kappa shape index (κ3) is 27.6. The molecule has 0 radical (unpaired) electrons. The van der Waals surface area contributed by atoms with E-state index in [4.69, 9.17) is 32.5 Å². The van der Waals surface area contributed by atoms with Crippen LogP contribution in [0.25, 0.3) is 0 Å². The van der Waals surface area contributed by atoms with Crippen LogP contribution in [0.2, 0.25) is 0 Å². The average molecular weight is 607 g/mol. The summed E-state index contributed by atoms with van der Waals surface area (Å²) >= 11 is 0. The number of ether oxygens (including phenoxy) is 1. The van der Waals surface area contributed by atoms with Crippen molar-refractivity contribution >= 4 is 40.0 Å². The van der Waals surface area contributed by atoms with Crippen LogP contribution in [-0.2, 0) is 23.2 Å².